The summed E-state index contributed by atoms with van der Waals surface area (Å²) in [5, 5.41) is 7.08. The molecular formula is C55H71N5O7+2. The number of nitrogens with two attached hydrogens (primary N) is 2. The topological polar surface area (TPSA) is 202 Å². The molecule has 12 nitrogen and oxygen atoms in total. The number of rotatable bonds is 26. The number of guanidine groups is 1. The van der Waals surface area contributed by atoms with E-state index in [9.17, 15) is 19.2 Å². The fourth-order valence-electron chi connectivity index (χ4n) is 9.21. The van der Waals surface area contributed by atoms with Gasteiger partial charge in [-0.25, -0.2) is 0 Å². The van der Waals surface area contributed by atoms with E-state index in [1.165, 1.54) is 0 Å². The Morgan fingerprint density at radius 1 is 0.731 bits per heavy atom. The van der Waals surface area contributed by atoms with Gasteiger partial charge in [0.2, 0.25) is 5.91 Å². The van der Waals surface area contributed by atoms with Crippen molar-refractivity contribution >= 4 is 50.9 Å². The fraction of sp³-hybridized carbons (Fsp3) is 0.436. The van der Waals surface area contributed by atoms with Crippen LogP contribution in [0.1, 0.15) is 103 Å². The number of benzene rings is 5. The highest BCUT2D eigenvalue weighted by Gasteiger charge is 2.44. The van der Waals surface area contributed by atoms with Crippen LogP contribution in [0.25, 0.3) is 32.7 Å². The number of hydrogen-bond donors (Lipinski definition) is 5. The molecule has 67 heavy (non-hydrogen) atoms. The van der Waals surface area contributed by atoms with Crippen molar-refractivity contribution in [1.29, 1.82) is 0 Å². The molecule has 0 unspecified atom stereocenters. The van der Waals surface area contributed by atoms with Crippen LogP contribution in [0.15, 0.2) is 103 Å². The Hall–Kier alpha value is -6.27. The average Bonchev–Trinajstić information content (AvgIpc) is 3.33. The summed E-state index contributed by atoms with van der Waals surface area (Å²) in [6, 6.07) is 32.8. The van der Waals surface area contributed by atoms with Crippen LogP contribution >= 0.6 is 0 Å². The number of carbonyl (C=O) groups excluding carboxylic acids is 4. The van der Waals surface area contributed by atoms with E-state index in [-0.39, 0.29) is 61.9 Å². The monoisotopic (exact) mass is 914 g/mol. The second-order valence-electron chi connectivity index (χ2n) is 18.6. The highest BCUT2D eigenvalue weighted by Crippen LogP contribution is 2.46. The summed E-state index contributed by atoms with van der Waals surface area (Å²) in [6.07, 6.45) is 7.01. The van der Waals surface area contributed by atoms with Crippen LogP contribution in [0.4, 0.5) is 0 Å². The molecule has 12 heteroatoms. The molecule has 0 aliphatic heterocycles. The Morgan fingerprint density at radius 2 is 1.36 bits per heavy atom. The number of ketones is 2. The Morgan fingerprint density at radius 3 is 1.99 bits per heavy atom. The van der Waals surface area contributed by atoms with Gasteiger partial charge in [0, 0.05) is 29.9 Å². The van der Waals surface area contributed by atoms with Crippen LogP contribution in [0, 0.1) is 17.3 Å². The summed E-state index contributed by atoms with van der Waals surface area (Å²) in [5.74, 6) is -0.194. The van der Waals surface area contributed by atoms with Crippen LogP contribution in [0.3, 0.4) is 0 Å². The molecule has 5 aromatic rings. The maximum atomic E-state index is 14.5. The molecular weight excluding hydrogens is 843 g/mol. The van der Waals surface area contributed by atoms with Crippen molar-refractivity contribution in [2.24, 2.45) is 28.7 Å². The van der Waals surface area contributed by atoms with Gasteiger partial charge in [-0.05, 0) is 96.5 Å². The number of fused-ring (bicyclic) bond motifs is 2. The average molecular weight is 914 g/mol. The number of hydrogen-bond acceptors (Lipinski definition) is 7. The minimum atomic E-state index is -0.990. The maximum absolute atomic E-state index is 14.5. The predicted molar refractivity (Wildman–Crippen MR) is 264 cm³/mol. The maximum Gasteiger partial charge on any atom is 0.338 e. The highest BCUT2D eigenvalue weighted by atomic mass is 16.5. The highest BCUT2D eigenvalue weighted by molar-refractivity contribution is 6.10. The van der Waals surface area contributed by atoms with Gasteiger partial charge >= 0.3 is 11.9 Å². The van der Waals surface area contributed by atoms with E-state index in [4.69, 9.17) is 25.7 Å². The third-order valence-corrected chi connectivity index (χ3v) is 12.9. The molecule has 1 fully saturated rings. The van der Waals surface area contributed by atoms with Gasteiger partial charge in [0.25, 0.3) is 0 Å². The number of nitrogens with one attached hydrogen (secondary N) is 2. The first-order chi connectivity index (χ1) is 32.5. The molecule has 0 saturated heterocycles. The summed E-state index contributed by atoms with van der Waals surface area (Å²) >= 11 is 0. The molecule has 1 aliphatic rings. The lowest BCUT2D eigenvalue weighted by atomic mass is 9.70. The molecule has 356 valence electrons. The lowest BCUT2D eigenvalue weighted by Gasteiger charge is -2.35. The summed E-state index contributed by atoms with van der Waals surface area (Å²) in [4.78, 5) is 59.8. The van der Waals surface area contributed by atoms with Gasteiger partial charge in [0.1, 0.15) is 24.7 Å². The van der Waals surface area contributed by atoms with Crippen molar-refractivity contribution in [3.63, 3.8) is 0 Å². The summed E-state index contributed by atoms with van der Waals surface area (Å²) in [6.45, 7) is 5.81. The number of esters is 1. The molecule has 0 aromatic heterocycles. The van der Waals surface area contributed by atoms with Gasteiger partial charge < -0.3 is 25.3 Å². The molecule has 0 bridgehead atoms. The van der Waals surface area contributed by atoms with E-state index in [1.54, 1.807) is 0 Å². The van der Waals surface area contributed by atoms with Crippen LogP contribution in [-0.2, 0) is 30.5 Å². The molecule has 6 rings (SSSR count). The van der Waals surface area contributed by atoms with Gasteiger partial charge in [-0.3, -0.25) is 35.6 Å². The number of Topliss-reactive ketones (excluding diaryl/α,β-unsaturated/α-hetero) is 2. The van der Waals surface area contributed by atoms with Gasteiger partial charge in [-0.15, -0.1) is 0 Å². The van der Waals surface area contributed by atoms with Crippen molar-refractivity contribution in [1.82, 2.24) is 5.32 Å². The van der Waals surface area contributed by atoms with Crippen molar-refractivity contribution < 1.29 is 44.1 Å². The molecule has 1 aliphatic carbocycles. The molecule has 1 amide bonds. The van der Waals surface area contributed by atoms with Crippen molar-refractivity contribution in [3.8, 4) is 22.6 Å². The molecule has 0 radical (unpaired) electrons. The van der Waals surface area contributed by atoms with E-state index in [0.29, 0.717) is 63.5 Å². The predicted octanol–water partition coefficient (Wildman–Crippen LogP) is 6.72. The minimum absolute atomic E-state index is 0.0572. The smallest absolute Gasteiger partial charge is 0.338 e. The Kier molecular flexibility index (Phi) is 18.7. The SMILES string of the molecule is CC(C)CCOc1ccc2ccccc2c1-c1c(OCC(=O)C[C@H](CCCC[NH3+])C(=O)N[C@H](CCC[NH+]=C(N)N)C(=O)CC2(C(=O)OCc3ccccc3)CCCCC2)ccc2ccccc12. The first-order valence-electron chi connectivity index (χ1n) is 24.2. The van der Waals surface area contributed by atoms with Gasteiger partial charge in [0.05, 0.1) is 31.2 Å². The molecule has 0 spiro atoms. The summed E-state index contributed by atoms with van der Waals surface area (Å²) in [5.41, 5.74) is 16.9. The van der Waals surface area contributed by atoms with Crippen LogP contribution in [-0.4, -0.2) is 61.7 Å². The van der Waals surface area contributed by atoms with E-state index >= 15 is 0 Å². The first-order valence-corrected chi connectivity index (χ1v) is 24.2. The molecule has 2 atom stereocenters. The molecule has 1 saturated carbocycles. The lowest BCUT2D eigenvalue weighted by Crippen LogP contribution is -2.78. The number of amides is 1. The number of unbranched alkanes of at least 4 members (excludes halogenated alkanes) is 1. The molecule has 9 N–H and O–H groups in total. The van der Waals surface area contributed by atoms with E-state index < -0.39 is 17.4 Å². The Balaban J connectivity index is 1.22. The number of carbonyl (C=O) groups is 4. The zero-order valence-electron chi connectivity index (χ0n) is 39.5. The largest absolute Gasteiger partial charge is 0.493 e. The van der Waals surface area contributed by atoms with Gasteiger partial charge in [0.15, 0.2) is 11.6 Å². The van der Waals surface area contributed by atoms with E-state index in [0.717, 1.165) is 76.1 Å². The zero-order chi connectivity index (χ0) is 47.6. The van der Waals surface area contributed by atoms with Gasteiger partial charge in [-0.1, -0.05) is 124 Å². The zero-order valence-corrected chi connectivity index (χ0v) is 39.5. The summed E-state index contributed by atoms with van der Waals surface area (Å²) < 4.78 is 18.9. The Labute approximate surface area is 395 Å². The second-order valence-corrected chi connectivity index (χ2v) is 18.6. The first kappa shape index (κ1) is 50.1. The van der Waals surface area contributed by atoms with Crippen molar-refractivity contribution in [2.75, 3.05) is 26.3 Å². The Bertz CT molecular complexity index is 2460. The van der Waals surface area contributed by atoms with Crippen LogP contribution < -0.4 is 37.0 Å². The third kappa shape index (κ3) is 14.1. The lowest BCUT2D eigenvalue weighted by molar-refractivity contribution is -0.459. The van der Waals surface area contributed by atoms with Crippen molar-refractivity contribution in [3.05, 3.63) is 109 Å². The van der Waals surface area contributed by atoms with E-state index in [2.05, 4.69) is 60.2 Å². The third-order valence-electron chi connectivity index (χ3n) is 12.9. The summed E-state index contributed by atoms with van der Waals surface area (Å²) in [7, 11) is 0. The molecule has 5 aromatic carbocycles. The second kappa shape index (κ2) is 25.0. The number of ether oxygens (including phenoxy) is 3. The van der Waals surface area contributed by atoms with E-state index in [1.807, 2.05) is 72.8 Å². The number of quaternary nitrogens is 1. The fourth-order valence-corrected chi connectivity index (χ4v) is 9.21. The normalized spacial score (nSPS) is 14.3. The van der Waals surface area contributed by atoms with Crippen LogP contribution in [0.2, 0.25) is 0 Å². The van der Waals surface area contributed by atoms with Crippen LogP contribution in [0.5, 0.6) is 11.5 Å². The minimum Gasteiger partial charge on any atom is -0.493 e. The molecule has 0 heterocycles. The van der Waals surface area contributed by atoms with Gasteiger partial charge in [-0.2, -0.15) is 0 Å². The van der Waals surface area contributed by atoms with Crippen molar-refractivity contribution in [2.45, 2.75) is 110 Å². The quantitative estimate of drug-likeness (QED) is 0.0173. The standard InChI is InChI=1S/C55H69N5O7/c1-38(2)28-33-65-48-26-24-40-18-7-9-21-44(40)50(48)51-45-22-10-8-19-41(45)25-27-49(51)66-37-43(61)34-42(20-11-14-31-56)52(63)60-46(23-15-32-59-54(57)58)47(62)35-55(29-12-4-13-30-55)53(64)67-36-39-16-5-3-6-17-39/h3,5-10,16-19,21-22,24-27,38,42,46H,4,11-15,20,23,28-37,56H2,1-2H3,(H,60,63)(H4,57,58,59)/p+2/t42-,46+/m0/s1.